The molecule has 8 heteroatoms. The third-order valence-corrected chi connectivity index (χ3v) is 5.80. The van der Waals surface area contributed by atoms with Crippen LogP contribution in [0.25, 0.3) is 0 Å². The lowest BCUT2D eigenvalue weighted by molar-refractivity contribution is 0.238. The second-order valence-corrected chi connectivity index (χ2v) is 12.8. The molecule has 0 spiro atoms. The average molecular weight is 360 g/mol. The summed E-state index contributed by atoms with van der Waals surface area (Å²) in [6.07, 6.45) is -0.631. The number of benzene rings is 1. The van der Waals surface area contributed by atoms with Crippen molar-refractivity contribution in [2.24, 2.45) is 5.14 Å². The molecular weight excluding hydrogens is 341 g/mol. The van der Waals surface area contributed by atoms with E-state index in [0.717, 1.165) is 0 Å². The number of nitrogens with two attached hydrogens (primary N) is 1. The fourth-order valence-corrected chi connectivity index (χ4v) is 4.84. The van der Waals surface area contributed by atoms with Gasteiger partial charge in [-0.15, -0.1) is 11.3 Å². The standard InChI is InChI=1S/C14H18FNO3S2Si/c1-22(2,3)19-14(11-6-4-5-7-12(11)15)13-8-10(9-20-13)21(16,17)18/h4-9,14H,1-3H3,(H2,16,17,18). The molecule has 0 saturated heterocycles. The topological polar surface area (TPSA) is 69.4 Å². The first-order valence-corrected chi connectivity index (χ1v) is 12.4. The van der Waals surface area contributed by atoms with Gasteiger partial charge < -0.3 is 4.43 Å². The molecule has 0 aliphatic heterocycles. The van der Waals surface area contributed by atoms with Crippen LogP contribution in [0.2, 0.25) is 19.6 Å². The first-order chi connectivity index (χ1) is 10.1. The van der Waals surface area contributed by atoms with Gasteiger partial charge in [-0.1, -0.05) is 18.2 Å². The molecule has 22 heavy (non-hydrogen) atoms. The Labute approximate surface area is 134 Å². The quantitative estimate of drug-likeness (QED) is 0.831. The highest BCUT2D eigenvalue weighted by molar-refractivity contribution is 7.89. The van der Waals surface area contributed by atoms with E-state index in [0.29, 0.717) is 10.4 Å². The van der Waals surface area contributed by atoms with E-state index in [-0.39, 0.29) is 10.7 Å². The summed E-state index contributed by atoms with van der Waals surface area (Å²) in [5.74, 6) is -0.378. The molecule has 2 N–H and O–H groups in total. The molecule has 1 heterocycles. The van der Waals surface area contributed by atoms with Crippen LogP contribution in [0, 0.1) is 5.82 Å². The van der Waals surface area contributed by atoms with Crippen molar-refractivity contribution < 1.29 is 17.2 Å². The monoisotopic (exact) mass is 359 g/mol. The summed E-state index contributed by atoms with van der Waals surface area (Å²) in [6, 6.07) is 7.81. The summed E-state index contributed by atoms with van der Waals surface area (Å²) in [5.41, 5.74) is 0.396. The number of hydrogen-bond donors (Lipinski definition) is 1. The van der Waals surface area contributed by atoms with E-state index in [1.54, 1.807) is 18.2 Å². The van der Waals surface area contributed by atoms with Crippen molar-refractivity contribution in [2.75, 3.05) is 0 Å². The van der Waals surface area contributed by atoms with Crippen LogP contribution < -0.4 is 5.14 Å². The Morgan fingerprint density at radius 3 is 2.41 bits per heavy atom. The van der Waals surface area contributed by atoms with E-state index in [9.17, 15) is 12.8 Å². The molecule has 2 rings (SSSR count). The Bertz CT molecular complexity index is 768. The van der Waals surface area contributed by atoms with Gasteiger partial charge >= 0.3 is 0 Å². The highest BCUT2D eigenvalue weighted by Gasteiger charge is 2.28. The molecule has 0 aliphatic rings. The summed E-state index contributed by atoms with van der Waals surface area (Å²) in [7, 11) is -5.77. The lowest BCUT2D eigenvalue weighted by Gasteiger charge is -2.26. The smallest absolute Gasteiger partial charge is 0.238 e. The zero-order chi connectivity index (χ0) is 16.5. The van der Waals surface area contributed by atoms with Gasteiger partial charge in [-0.3, -0.25) is 0 Å². The number of rotatable bonds is 5. The van der Waals surface area contributed by atoms with Crippen LogP contribution in [0.3, 0.4) is 0 Å². The van der Waals surface area contributed by atoms with Crippen molar-refractivity contribution >= 4 is 29.7 Å². The summed E-state index contributed by atoms with van der Waals surface area (Å²) in [5, 5.41) is 6.59. The summed E-state index contributed by atoms with van der Waals surface area (Å²) >= 11 is 1.20. The van der Waals surface area contributed by atoms with Gasteiger partial charge in [0.25, 0.3) is 0 Å². The Morgan fingerprint density at radius 1 is 1.27 bits per heavy atom. The zero-order valence-corrected chi connectivity index (χ0v) is 15.2. The van der Waals surface area contributed by atoms with Crippen LogP contribution >= 0.6 is 11.3 Å². The highest BCUT2D eigenvalue weighted by Crippen LogP contribution is 2.35. The molecule has 1 unspecified atom stereocenters. The van der Waals surface area contributed by atoms with E-state index < -0.39 is 24.4 Å². The van der Waals surface area contributed by atoms with Gasteiger partial charge in [-0.2, -0.15) is 0 Å². The normalized spacial score (nSPS) is 14.0. The highest BCUT2D eigenvalue weighted by atomic mass is 32.2. The van der Waals surface area contributed by atoms with Crippen molar-refractivity contribution in [1.82, 2.24) is 0 Å². The fraction of sp³-hybridized carbons (Fsp3) is 0.286. The van der Waals surface area contributed by atoms with Crippen LogP contribution in [0.5, 0.6) is 0 Å². The maximum Gasteiger partial charge on any atom is 0.238 e. The SMILES string of the molecule is C[Si](C)(C)OC(c1cc(S(N)(=O)=O)cs1)c1ccccc1F. The zero-order valence-electron chi connectivity index (χ0n) is 12.5. The molecule has 0 bridgehead atoms. The van der Waals surface area contributed by atoms with E-state index in [1.165, 1.54) is 28.8 Å². The number of thiophene rings is 1. The van der Waals surface area contributed by atoms with Gasteiger partial charge in [0.2, 0.25) is 10.0 Å². The minimum Gasteiger partial charge on any atom is -0.406 e. The Hall–Kier alpha value is -1.06. The predicted octanol–water partition coefficient (Wildman–Crippen LogP) is 3.48. The molecule has 0 amide bonds. The Kier molecular flexibility index (Phi) is 4.88. The van der Waals surface area contributed by atoms with Crippen molar-refractivity contribution in [1.29, 1.82) is 0 Å². The molecule has 120 valence electrons. The summed E-state index contributed by atoms with van der Waals surface area (Å²) in [6.45, 7) is 5.99. The summed E-state index contributed by atoms with van der Waals surface area (Å²) < 4.78 is 43.1. The van der Waals surface area contributed by atoms with E-state index in [2.05, 4.69) is 0 Å². The van der Waals surface area contributed by atoms with Gasteiger partial charge in [-0.05, 0) is 31.8 Å². The van der Waals surface area contributed by atoms with E-state index in [1.807, 2.05) is 19.6 Å². The molecule has 2 aromatic rings. The van der Waals surface area contributed by atoms with Gasteiger partial charge in [0.05, 0.1) is 4.90 Å². The first kappa shape index (κ1) is 17.3. The number of hydrogen-bond acceptors (Lipinski definition) is 4. The maximum absolute atomic E-state index is 14.1. The van der Waals surface area contributed by atoms with E-state index in [4.69, 9.17) is 9.56 Å². The lowest BCUT2D eigenvalue weighted by Crippen LogP contribution is -2.28. The maximum atomic E-state index is 14.1. The number of halogens is 1. The molecule has 4 nitrogen and oxygen atoms in total. The summed E-state index contributed by atoms with van der Waals surface area (Å²) in [4.78, 5) is 0.643. The average Bonchev–Trinajstić information content (AvgIpc) is 2.85. The number of primary sulfonamides is 1. The van der Waals surface area contributed by atoms with Crippen LogP contribution in [0.15, 0.2) is 40.6 Å². The van der Waals surface area contributed by atoms with Gasteiger partial charge in [0, 0.05) is 15.8 Å². The third-order valence-electron chi connectivity index (χ3n) is 2.84. The predicted molar refractivity (Wildman–Crippen MR) is 88.4 cm³/mol. The molecule has 1 aromatic heterocycles. The van der Waals surface area contributed by atoms with Crippen molar-refractivity contribution in [3.05, 3.63) is 52.0 Å². The molecular formula is C14H18FNO3S2Si. The first-order valence-electron chi connectivity index (χ1n) is 6.61. The minimum absolute atomic E-state index is 0.0213. The van der Waals surface area contributed by atoms with Crippen molar-refractivity contribution in [3.8, 4) is 0 Å². The van der Waals surface area contributed by atoms with Crippen LogP contribution in [0.4, 0.5) is 4.39 Å². The third kappa shape index (κ3) is 4.23. The Balaban J connectivity index is 2.50. The van der Waals surface area contributed by atoms with Crippen LogP contribution in [-0.2, 0) is 14.4 Å². The number of sulfonamides is 1. The fourth-order valence-electron chi connectivity index (χ4n) is 1.94. The van der Waals surface area contributed by atoms with Crippen LogP contribution in [-0.4, -0.2) is 16.7 Å². The molecule has 0 radical (unpaired) electrons. The van der Waals surface area contributed by atoms with Gasteiger partial charge in [0.1, 0.15) is 11.9 Å². The lowest BCUT2D eigenvalue weighted by atomic mass is 10.1. The van der Waals surface area contributed by atoms with Gasteiger partial charge in [-0.25, -0.2) is 17.9 Å². The molecule has 0 aliphatic carbocycles. The van der Waals surface area contributed by atoms with Crippen molar-refractivity contribution in [3.63, 3.8) is 0 Å². The second kappa shape index (κ2) is 6.21. The van der Waals surface area contributed by atoms with Gasteiger partial charge in [0.15, 0.2) is 8.32 Å². The minimum atomic E-state index is -3.78. The van der Waals surface area contributed by atoms with E-state index >= 15 is 0 Å². The largest absolute Gasteiger partial charge is 0.406 e. The molecule has 1 atom stereocenters. The second-order valence-electron chi connectivity index (χ2n) is 5.86. The molecule has 1 aromatic carbocycles. The molecule has 0 fully saturated rings. The van der Waals surface area contributed by atoms with Crippen molar-refractivity contribution in [2.45, 2.75) is 30.6 Å². The van der Waals surface area contributed by atoms with Crippen LogP contribution in [0.1, 0.15) is 16.5 Å². The molecule has 0 saturated carbocycles. The Morgan fingerprint density at radius 2 is 1.91 bits per heavy atom.